The van der Waals surface area contributed by atoms with Gasteiger partial charge in [-0.3, -0.25) is 0 Å². The largest absolute Gasteiger partial charge is 0.392 e. The number of alkyl halides is 2. The van der Waals surface area contributed by atoms with Crippen LogP contribution >= 0.6 is 0 Å². The Morgan fingerprint density at radius 1 is 1.25 bits per heavy atom. The Bertz CT molecular complexity index is 342. The van der Waals surface area contributed by atoms with E-state index >= 15 is 0 Å². The van der Waals surface area contributed by atoms with Crippen molar-refractivity contribution in [3.8, 4) is 0 Å². The van der Waals surface area contributed by atoms with Gasteiger partial charge in [-0.15, -0.1) is 0 Å². The van der Waals surface area contributed by atoms with Crippen molar-refractivity contribution in [3.05, 3.63) is 35.4 Å². The summed E-state index contributed by atoms with van der Waals surface area (Å²) in [6.07, 6.45) is -2.39. The molecule has 1 aromatic carbocycles. The maximum absolute atomic E-state index is 13.1. The molecule has 0 bridgehead atoms. The summed E-state index contributed by atoms with van der Waals surface area (Å²) in [4.78, 5) is 0. The van der Waals surface area contributed by atoms with Crippen LogP contribution in [0.15, 0.2) is 24.3 Å². The highest BCUT2D eigenvalue weighted by Gasteiger charge is 2.34. The molecule has 1 nitrogen and oxygen atoms in total. The SMILES string of the molecule is CC(C)(C)C(c1cccc(CO)c1)C(F)F. The van der Waals surface area contributed by atoms with Crippen molar-refractivity contribution >= 4 is 0 Å². The van der Waals surface area contributed by atoms with Gasteiger partial charge in [-0.25, -0.2) is 8.78 Å². The molecule has 1 N–H and O–H groups in total. The number of hydrogen-bond donors (Lipinski definition) is 1. The van der Waals surface area contributed by atoms with Gasteiger partial charge in [0.15, 0.2) is 0 Å². The van der Waals surface area contributed by atoms with Gasteiger partial charge in [-0.2, -0.15) is 0 Å². The monoisotopic (exact) mass is 228 g/mol. The first-order chi connectivity index (χ1) is 7.36. The summed E-state index contributed by atoms with van der Waals surface area (Å²) in [6, 6.07) is 6.79. The second kappa shape index (κ2) is 4.91. The molecule has 0 heterocycles. The predicted octanol–water partition coefficient (Wildman–Crippen LogP) is 3.57. The molecule has 1 rings (SSSR count). The first-order valence-corrected chi connectivity index (χ1v) is 5.34. The van der Waals surface area contributed by atoms with E-state index in [1.165, 1.54) is 0 Å². The zero-order valence-electron chi connectivity index (χ0n) is 9.87. The molecule has 0 amide bonds. The molecule has 0 aliphatic heterocycles. The summed E-state index contributed by atoms with van der Waals surface area (Å²) in [6.45, 7) is 5.29. The molecule has 3 heteroatoms. The van der Waals surface area contributed by atoms with Crippen LogP contribution in [-0.2, 0) is 6.61 Å². The van der Waals surface area contributed by atoms with E-state index in [2.05, 4.69) is 0 Å². The zero-order chi connectivity index (χ0) is 12.3. The Morgan fingerprint density at radius 3 is 2.31 bits per heavy atom. The molecule has 16 heavy (non-hydrogen) atoms. The minimum Gasteiger partial charge on any atom is -0.392 e. The first-order valence-electron chi connectivity index (χ1n) is 5.34. The standard InChI is InChI=1S/C13H18F2O/c1-13(2,3)11(12(14)15)10-6-4-5-9(7-10)8-16/h4-7,11-12,16H,8H2,1-3H3. The fourth-order valence-corrected chi connectivity index (χ4v) is 1.91. The van der Waals surface area contributed by atoms with Gasteiger partial charge in [0.2, 0.25) is 6.43 Å². The Kier molecular flexibility index (Phi) is 4.03. The van der Waals surface area contributed by atoms with Gasteiger partial charge in [-0.05, 0) is 16.5 Å². The van der Waals surface area contributed by atoms with Crippen molar-refractivity contribution in [2.75, 3.05) is 0 Å². The van der Waals surface area contributed by atoms with Crippen LogP contribution in [0.5, 0.6) is 0 Å². The van der Waals surface area contributed by atoms with E-state index in [9.17, 15) is 8.78 Å². The maximum Gasteiger partial charge on any atom is 0.245 e. The summed E-state index contributed by atoms with van der Waals surface area (Å²) in [5.41, 5.74) is 0.767. The molecule has 1 aromatic rings. The highest BCUT2D eigenvalue weighted by molar-refractivity contribution is 5.27. The molecule has 0 saturated carbocycles. The molecule has 0 radical (unpaired) electrons. The van der Waals surface area contributed by atoms with Gasteiger partial charge >= 0.3 is 0 Å². The number of aliphatic hydroxyl groups excluding tert-OH is 1. The van der Waals surface area contributed by atoms with Gasteiger partial charge in [0.1, 0.15) is 0 Å². The van der Waals surface area contributed by atoms with Crippen molar-refractivity contribution in [1.82, 2.24) is 0 Å². The molecule has 90 valence electrons. The van der Waals surface area contributed by atoms with Gasteiger partial charge in [0.05, 0.1) is 6.61 Å². The van der Waals surface area contributed by atoms with Gasteiger partial charge in [-0.1, -0.05) is 45.0 Å². The van der Waals surface area contributed by atoms with E-state index < -0.39 is 17.8 Å². The summed E-state index contributed by atoms with van der Waals surface area (Å²) in [5, 5.41) is 9.00. The highest BCUT2D eigenvalue weighted by atomic mass is 19.3. The van der Waals surface area contributed by atoms with Crippen molar-refractivity contribution in [3.63, 3.8) is 0 Å². The smallest absolute Gasteiger partial charge is 0.245 e. The average Bonchev–Trinajstić information content (AvgIpc) is 2.15. The van der Waals surface area contributed by atoms with Crippen LogP contribution < -0.4 is 0 Å². The quantitative estimate of drug-likeness (QED) is 0.838. The van der Waals surface area contributed by atoms with E-state index in [-0.39, 0.29) is 6.61 Å². The molecule has 0 aromatic heterocycles. The molecule has 1 unspecified atom stereocenters. The minimum absolute atomic E-state index is 0.117. The predicted molar refractivity (Wildman–Crippen MR) is 60.6 cm³/mol. The Hall–Kier alpha value is -0.960. The molecule has 0 aliphatic rings. The lowest BCUT2D eigenvalue weighted by Crippen LogP contribution is -2.25. The summed E-state index contributed by atoms with van der Waals surface area (Å²) in [7, 11) is 0. The number of aliphatic hydroxyl groups is 1. The summed E-state index contributed by atoms with van der Waals surface area (Å²) < 4.78 is 26.1. The topological polar surface area (TPSA) is 20.2 Å². The Morgan fingerprint density at radius 2 is 1.88 bits per heavy atom. The molecule has 0 fully saturated rings. The van der Waals surface area contributed by atoms with Crippen LogP contribution in [-0.4, -0.2) is 11.5 Å². The van der Waals surface area contributed by atoms with Crippen LogP contribution in [0.3, 0.4) is 0 Å². The van der Waals surface area contributed by atoms with E-state index in [1.54, 1.807) is 45.0 Å². The van der Waals surface area contributed by atoms with Crippen LogP contribution in [0.1, 0.15) is 37.8 Å². The lowest BCUT2D eigenvalue weighted by Gasteiger charge is -2.30. The lowest BCUT2D eigenvalue weighted by molar-refractivity contribution is 0.0623. The van der Waals surface area contributed by atoms with Gasteiger partial charge < -0.3 is 5.11 Å². The molecule has 0 saturated heterocycles. The summed E-state index contributed by atoms with van der Waals surface area (Å²) >= 11 is 0. The number of benzene rings is 1. The van der Waals surface area contributed by atoms with E-state index in [0.29, 0.717) is 11.1 Å². The molecular weight excluding hydrogens is 210 g/mol. The van der Waals surface area contributed by atoms with Crippen LogP contribution in [0.25, 0.3) is 0 Å². The average molecular weight is 228 g/mol. The second-order valence-electron chi connectivity index (χ2n) is 5.08. The van der Waals surface area contributed by atoms with Gasteiger partial charge in [0.25, 0.3) is 0 Å². The third kappa shape index (κ3) is 3.01. The van der Waals surface area contributed by atoms with Crippen molar-refractivity contribution in [2.45, 2.75) is 39.7 Å². The molecular formula is C13H18F2O. The first kappa shape index (κ1) is 13.1. The number of rotatable bonds is 3. The van der Waals surface area contributed by atoms with Crippen LogP contribution in [0.4, 0.5) is 8.78 Å². The van der Waals surface area contributed by atoms with E-state index in [4.69, 9.17) is 5.11 Å². The zero-order valence-corrected chi connectivity index (χ0v) is 9.87. The summed E-state index contributed by atoms with van der Waals surface area (Å²) in [5.74, 6) is -0.806. The van der Waals surface area contributed by atoms with Gasteiger partial charge in [0, 0.05) is 5.92 Å². The van der Waals surface area contributed by atoms with Crippen molar-refractivity contribution < 1.29 is 13.9 Å². The number of halogens is 2. The lowest BCUT2D eigenvalue weighted by atomic mass is 9.76. The highest BCUT2D eigenvalue weighted by Crippen LogP contribution is 2.39. The van der Waals surface area contributed by atoms with Crippen molar-refractivity contribution in [2.24, 2.45) is 5.41 Å². The Labute approximate surface area is 95.1 Å². The van der Waals surface area contributed by atoms with Crippen LogP contribution in [0, 0.1) is 5.41 Å². The molecule has 1 atom stereocenters. The fourth-order valence-electron chi connectivity index (χ4n) is 1.91. The second-order valence-corrected chi connectivity index (χ2v) is 5.08. The third-order valence-corrected chi connectivity index (χ3v) is 2.68. The van der Waals surface area contributed by atoms with E-state index in [1.807, 2.05) is 0 Å². The minimum atomic E-state index is -2.39. The normalized spacial score (nSPS) is 14.2. The number of hydrogen-bond acceptors (Lipinski definition) is 1. The fraction of sp³-hybridized carbons (Fsp3) is 0.538. The molecule has 0 spiro atoms. The Balaban J connectivity index is 3.11. The van der Waals surface area contributed by atoms with Crippen molar-refractivity contribution in [1.29, 1.82) is 0 Å². The van der Waals surface area contributed by atoms with E-state index in [0.717, 1.165) is 0 Å². The maximum atomic E-state index is 13.1. The third-order valence-electron chi connectivity index (χ3n) is 2.68. The van der Waals surface area contributed by atoms with Crippen LogP contribution in [0.2, 0.25) is 0 Å². The molecule has 0 aliphatic carbocycles.